The molecule has 6 nitrogen and oxygen atoms in total. The molecule has 0 unspecified atom stereocenters. The maximum atomic E-state index is 13.1. The van der Waals surface area contributed by atoms with Crippen molar-refractivity contribution in [3.8, 4) is 0 Å². The molecule has 1 aromatic carbocycles. The molecule has 3 heterocycles. The van der Waals surface area contributed by atoms with Crippen molar-refractivity contribution in [2.24, 2.45) is 0 Å². The number of nitrogens with zero attached hydrogens (tertiary/aromatic N) is 5. The van der Waals surface area contributed by atoms with Gasteiger partial charge in [-0.05, 0) is 50.2 Å². The van der Waals surface area contributed by atoms with E-state index in [4.69, 9.17) is 0 Å². The molecule has 2 aliphatic heterocycles. The number of hydrogen-bond acceptors (Lipinski definition) is 5. The first-order valence-corrected chi connectivity index (χ1v) is 11.3. The number of benzene rings is 1. The molecule has 1 saturated carbocycles. The van der Waals surface area contributed by atoms with Gasteiger partial charge in [-0.25, -0.2) is 0 Å². The first-order valence-electron chi connectivity index (χ1n) is 10.4. The van der Waals surface area contributed by atoms with E-state index in [2.05, 4.69) is 43.9 Å². The number of aromatic nitrogens is 3. The molecule has 28 heavy (non-hydrogen) atoms. The van der Waals surface area contributed by atoms with E-state index in [0.717, 1.165) is 37.2 Å². The topological polar surface area (TPSA) is 54.3 Å². The Morgan fingerprint density at radius 3 is 2.61 bits per heavy atom. The van der Waals surface area contributed by atoms with Gasteiger partial charge < -0.3 is 9.80 Å². The van der Waals surface area contributed by atoms with Gasteiger partial charge in [-0.15, -0.1) is 10.2 Å². The van der Waals surface area contributed by atoms with Gasteiger partial charge in [-0.2, -0.15) is 0 Å². The third-order valence-electron chi connectivity index (χ3n) is 6.02. The number of amides is 1. The molecule has 2 fully saturated rings. The Labute approximate surface area is 170 Å². The van der Waals surface area contributed by atoms with E-state index in [-0.39, 0.29) is 11.2 Å². The highest BCUT2D eigenvalue weighted by Gasteiger charge is 2.34. The summed E-state index contributed by atoms with van der Waals surface area (Å²) >= 11 is 1.57. The summed E-state index contributed by atoms with van der Waals surface area (Å²) in [6.07, 6.45) is 5.78. The van der Waals surface area contributed by atoms with Crippen LogP contribution in [0.3, 0.4) is 0 Å². The van der Waals surface area contributed by atoms with Crippen LogP contribution in [-0.2, 0) is 17.8 Å². The predicted molar refractivity (Wildman–Crippen MR) is 111 cm³/mol. The Morgan fingerprint density at radius 1 is 1.11 bits per heavy atom. The summed E-state index contributed by atoms with van der Waals surface area (Å²) in [5.41, 5.74) is 2.65. The average Bonchev–Trinajstić information content (AvgIpc) is 3.24. The van der Waals surface area contributed by atoms with E-state index >= 15 is 0 Å². The summed E-state index contributed by atoms with van der Waals surface area (Å²) in [5.74, 6) is 1.21. The number of fused-ring (bicyclic) bond motifs is 1. The Balaban J connectivity index is 1.30. The zero-order valence-corrected chi connectivity index (χ0v) is 17.2. The predicted octanol–water partition coefficient (Wildman–Crippen LogP) is 3.28. The molecular formula is C21H27N5OS. The molecule has 148 valence electrons. The lowest BCUT2D eigenvalue weighted by Gasteiger charge is -2.30. The summed E-state index contributed by atoms with van der Waals surface area (Å²) in [7, 11) is 0. The lowest BCUT2D eigenvalue weighted by atomic mass is 10.00. The second-order valence-electron chi connectivity index (χ2n) is 8.12. The molecule has 0 N–H and O–H groups in total. The Bertz CT molecular complexity index is 871. The van der Waals surface area contributed by atoms with E-state index in [1.807, 2.05) is 11.8 Å². The van der Waals surface area contributed by atoms with Crippen LogP contribution in [0.1, 0.15) is 49.8 Å². The van der Waals surface area contributed by atoms with Crippen molar-refractivity contribution in [3.05, 3.63) is 35.4 Å². The Morgan fingerprint density at radius 2 is 1.86 bits per heavy atom. The average molecular weight is 398 g/mol. The van der Waals surface area contributed by atoms with Crippen molar-refractivity contribution in [1.29, 1.82) is 0 Å². The molecular weight excluding hydrogens is 370 g/mol. The number of carbonyl (C=O) groups excluding carboxylic acids is 1. The molecule has 1 aromatic heterocycles. The first-order chi connectivity index (χ1) is 13.7. The highest BCUT2D eigenvalue weighted by Crippen LogP contribution is 2.42. The highest BCUT2D eigenvalue weighted by atomic mass is 32.2. The van der Waals surface area contributed by atoms with Gasteiger partial charge in [0.25, 0.3) is 0 Å². The molecule has 5 rings (SSSR count). The fourth-order valence-corrected chi connectivity index (χ4v) is 5.28. The van der Waals surface area contributed by atoms with Crippen LogP contribution in [0, 0.1) is 0 Å². The van der Waals surface area contributed by atoms with Crippen molar-refractivity contribution in [2.75, 3.05) is 24.5 Å². The van der Waals surface area contributed by atoms with E-state index in [1.54, 1.807) is 11.8 Å². The van der Waals surface area contributed by atoms with E-state index in [1.165, 1.54) is 36.8 Å². The molecule has 3 aliphatic rings. The van der Waals surface area contributed by atoms with Gasteiger partial charge in [0.2, 0.25) is 11.9 Å². The number of thioether (sulfide) groups is 1. The third-order valence-corrected chi connectivity index (χ3v) is 7.06. The lowest BCUT2D eigenvalue weighted by Crippen LogP contribution is -2.40. The van der Waals surface area contributed by atoms with Gasteiger partial charge in [-0.1, -0.05) is 36.0 Å². The number of hydrogen-bond donors (Lipinski definition) is 0. The molecule has 1 saturated heterocycles. The fraction of sp³-hybridized carbons (Fsp3) is 0.571. The zero-order valence-electron chi connectivity index (χ0n) is 16.4. The van der Waals surface area contributed by atoms with Gasteiger partial charge in [0, 0.05) is 32.2 Å². The minimum atomic E-state index is -0.154. The molecule has 2 aromatic rings. The van der Waals surface area contributed by atoms with Crippen LogP contribution in [0.15, 0.2) is 29.4 Å². The van der Waals surface area contributed by atoms with Gasteiger partial charge in [0.15, 0.2) is 5.16 Å². The summed E-state index contributed by atoms with van der Waals surface area (Å²) in [5, 5.41) is 9.75. The Kier molecular flexibility index (Phi) is 4.78. The number of carbonyl (C=O) groups is 1. The quantitative estimate of drug-likeness (QED) is 0.725. The van der Waals surface area contributed by atoms with Gasteiger partial charge in [-0.3, -0.25) is 9.36 Å². The van der Waals surface area contributed by atoms with Crippen molar-refractivity contribution >= 4 is 23.6 Å². The van der Waals surface area contributed by atoms with Crippen molar-refractivity contribution in [2.45, 2.75) is 62.0 Å². The maximum Gasteiger partial charge on any atom is 0.236 e. The summed E-state index contributed by atoms with van der Waals surface area (Å²) in [4.78, 5) is 17.5. The lowest BCUT2D eigenvalue weighted by molar-refractivity contribution is -0.131. The smallest absolute Gasteiger partial charge is 0.236 e. The molecule has 1 amide bonds. The summed E-state index contributed by atoms with van der Waals surface area (Å²) < 4.78 is 2.30. The molecule has 0 spiro atoms. The molecule has 1 atom stereocenters. The van der Waals surface area contributed by atoms with Crippen LogP contribution in [0.4, 0.5) is 5.95 Å². The second-order valence-corrected chi connectivity index (χ2v) is 9.42. The third kappa shape index (κ3) is 3.41. The molecule has 1 aliphatic carbocycles. The molecule has 7 heteroatoms. The van der Waals surface area contributed by atoms with Crippen LogP contribution in [0.5, 0.6) is 0 Å². The van der Waals surface area contributed by atoms with Gasteiger partial charge >= 0.3 is 0 Å². The number of anilines is 1. The monoisotopic (exact) mass is 397 g/mol. The standard InChI is InChI=1S/C21H27N5OS/c1-15(19(27)25-13-10-16-6-2-3-7-17(16)14-25)28-21-23-22-20(24-11-4-5-12-24)26(21)18-8-9-18/h2-3,6-7,15,18H,4-5,8-14H2,1H3/t15-/m0/s1. The van der Waals surface area contributed by atoms with Crippen molar-refractivity contribution < 1.29 is 4.79 Å². The van der Waals surface area contributed by atoms with E-state index in [9.17, 15) is 4.79 Å². The zero-order chi connectivity index (χ0) is 19.1. The Hall–Kier alpha value is -2.02. The van der Waals surface area contributed by atoms with Gasteiger partial charge in [0.05, 0.1) is 5.25 Å². The largest absolute Gasteiger partial charge is 0.341 e. The molecule has 0 radical (unpaired) electrons. The minimum Gasteiger partial charge on any atom is -0.341 e. The summed E-state index contributed by atoms with van der Waals surface area (Å²) in [6.45, 7) is 5.66. The van der Waals surface area contributed by atoms with E-state index < -0.39 is 0 Å². The van der Waals surface area contributed by atoms with Crippen LogP contribution in [-0.4, -0.2) is 50.5 Å². The van der Waals surface area contributed by atoms with Gasteiger partial charge in [0.1, 0.15) is 0 Å². The summed E-state index contributed by atoms with van der Waals surface area (Å²) in [6, 6.07) is 8.96. The van der Waals surface area contributed by atoms with Crippen molar-refractivity contribution in [1.82, 2.24) is 19.7 Å². The fourth-order valence-electron chi connectivity index (χ4n) is 4.28. The van der Waals surface area contributed by atoms with Crippen LogP contribution in [0.25, 0.3) is 0 Å². The first kappa shape index (κ1) is 18.0. The van der Waals surface area contributed by atoms with Crippen LogP contribution < -0.4 is 4.90 Å². The SMILES string of the molecule is C[C@H](Sc1nnc(N2CCCC2)n1C1CC1)C(=O)N1CCc2ccccc2C1. The minimum absolute atomic E-state index is 0.154. The van der Waals surface area contributed by atoms with Crippen LogP contribution in [0.2, 0.25) is 0 Å². The number of rotatable bonds is 5. The normalized spacial score (nSPS) is 20.3. The molecule has 0 bridgehead atoms. The van der Waals surface area contributed by atoms with E-state index in [0.29, 0.717) is 12.6 Å². The highest BCUT2D eigenvalue weighted by molar-refractivity contribution is 8.00. The van der Waals surface area contributed by atoms with Crippen LogP contribution >= 0.6 is 11.8 Å². The second kappa shape index (κ2) is 7.43. The maximum absolute atomic E-state index is 13.1. The van der Waals surface area contributed by atoms with Crippen molar-refractivity contribution in [3.63, 3.8) is 0 Å².